The zero-order valence-corrected chi connectivity index (χ0v) is 22.0. The van der Waals surface area contributed by atoms with Crippen LogP contribution in [0.15, 0.2) is 35.4 Å². The topological polar surface area (TPSA) is 120 Å². The van der Waals surface area contributed by atoms with E-state index in [1.165, 1.54) is 17.1 Å². The number of aromatic nitrogens is 5. The molecule has 5 rings (SSSR count). The average molecular weight is 548 g/mol. The van der Waals surface area contributed by atoms with Crippen molar-refractivity contribution in [2.45, 2.75) is 77.2 Å². The normalized spacial score (nSPS) is 17.4. The molecule has 0 saturated heterocycles. The lowest BCUT2D eigenvalue weighted by atomic mass is 9.88. The summed E-state index contributed by atoms with van der Waals surface area (Å²) >= 11 is 0. The average Bonchev–Trinajstić information content (AvgIpc) is 3.72. The summed E-state index contributed by atoms with van der Waals surface area (Å²) in [6.07, 6.45) is 4.18. The van der Waals surface area contributed by atoms with Gasteiger partial charge in [0.2, 0.25) is 5.91 Å². The second kappa shape index (κ2) is 10.5. The Bertz CT molecular complexity index is 1310. The van der Waals surface area contributed by atoms with Gasteiger partial charge in [0.15, 0.2) is 0 Å². The highest BCUT2D eigenvalue weighted by molar-refractivity contribution is 6.00. The molecule has 1 unspecified atom stereocenters. The molecule has 210 valence electrons. The molecule has 2 saturated carbocycles. The summed E-state index contributed by atoms with van der Waals surface area (Å²) in [6.45, 7) is 5.52. The number of hydrogen-bond acceptors (Lipinski definition) is 6. The third-order valence-electron chi connectivity index (χ3n) is 7.44. The van der Waals surface area contributed by atoms with Crippen LogP contribution in [-0.4, -0.2) is 48.8 Å². The van der Waals surface area contributed by atoms with Gasteiger partial charge in [0.1, 0.15) is 18.0 Å². The van der Waals surface area contributed by atoms with Crippen LogP contribution >= 0.6 is 0 Å². The Labute approximate surface area is 223 Å². The molecule has 13 heteroatoms. The van der Waals surface area contributed by atoms with E-state index in [2.05, 4.69) is 26.0 Å². The van der Waals surface area contributed by atoms with Gasteiger partial charge in [-0.2, -0.15) is 23.4 Å². The minimum absolute atomic E-state index is 0.0226. The molecule has 3 aromatic heterocycles. The number of carbonyl (C=O) groups excluding carboxylic acids is 2. The zero-order chi connectivity index (χ0) is 27.9. The lowest BCUT2D eigenvalue weighted by molar-refractivity contribution is -0.128. The molecule has 39 heavy (non-hydrogen) atoms. The predicted octanol–water partition coefficient (Wildman–Crippen LogP) is 4.54. The van der Waals surface area contributed by atoms with Crippen LogP contribution in [0, 0.1) is 17.8 Å². The molecule has 2 amide bonds. The molecule has 2 N–H and O–H groups in total. The molecule has 3 heterocycles. The van der Waals surface area contributed by atoms with Crippen LogP contribution in [0.4, 0.5) is 18.9 Å². The number of alkyl halides is 3. The highest BCUT2D eigenvalue weighted by Crippen LogP contribution is 2.51. The highest BCUT2D eigenvalue weighted by atomic mass is 19.4. The lowest BCUT2D eigenvalue weighted by Crippen LogP contribution is -2.50. The quantitative estimate of drug-likeness (QED) is 0.364. The van der Waals surface area contributed by atoms with Crippen LogP contribution in [0.5, 0.6) is 0 Å². The molecule has 0 aromatic carbocycles. The van der Waals surface area contributed by atoms with Gasteiger partial charge >= 0.3 is 6.18 Å². The molecule has 2 atom stereocenters. The second-order valence-electron chi connectivity index (χ2n) is 10.8. The van der Waals surface area contributed by atoms with E-state index < -0.39 is 24.7 Å². The van der Waals surface area contributed by atoms with Gasteiger partial charge in [-0.15, -0.1) is 0 Å². The van der Waals surface area contributed by atoms with E-state index >= 15 is 0 Å². The largest absolute Gasteiger partial charge is 0.394 e. The second-order valence-corrected chi connectivity index (χ2v) is 10.8. The molecular weight excluding hydrogens is 515 g/mol. The summed E-state index contributed by atoms with van der Waals surface area (Å²) in [5.74, 6) is 0.0819. The Morgan fingerprint density at radius 1 is 1.13 bits per heavy atom. The van der Waals surface area contributed by atoms with Crippen molar-refractivity contribution < 1.29 is 27.3 Å². The molecule has 0 radical (unpaired) electrons. The van der Waals surface area contributed by atoms with Gasteiger partial charge in [0.05, 0.1) is 30.0 Å². The highest BCUT2D eigenvalue weighted by Gasteiger charge is 2.48. The van der Waals surface area contributed by atoms with Crippen molar-refractivity contribution in [3.63, 3.8) is 0 Å². The lowest BCUT2D eigenvalue weighted by Gasteiger charge is -2.27. The monoisotopic (exact) mass is 547 g/mol. The maximum absolute atomic E-state index is 13.6. The summed E-state index contributed by atoms with van der Waals surface area (Å²) in [4.78, 5) is 26.9. The number of hydrogen-bond donors (Lipinski definition) is 2. The van der Waals surface area contributed by atoms with Gasteiger partial charge in [0, 0.05) is 24.0 Å². The van der Waals surface area contributed by atoms with Crippen molar-refractivity contribution in [3.05, 3.63) is 47.9 Å². The first-order valence-corrected chi connectivity index (χ1v) is 13.2. The van der Waals surface area contributed by atoms with E-state index in [1.807, 2.05) is 13.8 Å². The van der Waals surface area contributed by atoms with Gasteiger partial charge in [-0.3, -0.25) is 19.0 Å². The molecule has 2 aliphatic rings. The van der Waals surface area contributed by atoms with Crippen LogP contribution in [0.2, 0.25) is 0 Å². The first-order valence-electron chi connectivity index (χ1n) is 13.2. The number of amides is 2. The molecule has 10 nitrogen and oxygen atoms in total. The minimum Gasteiger partial charge on any atom is -0.364 e. The molecule has 0 aliphatic heterocycles. The van der Waals surface area contributed by atoms with Gasteiger partial charge in [-0.25, -0.2) is 0 Å². The van der Waals surface area contributed by atoms with E-state index in [-0.39, 0.29) is 35.0 Å². The molecule has 3 aromatic rings. The third-order valence-corrected chi connectivity index (χ3v) is 7.44. The van der Waals surface area contributed by atoms with Crippen molar-refractivity contribution in [1.82, 2.24) is 30.0 Å². The summed E-state index contributed by atoms with van der Waals surface area (Å²) in [5, 5.41) is 17.8. The van der Waals surface area contributed by atoms with E-state index in [1.54, 1.807) is 30.1 Å². The van der Waals surface area contributed by atoms with Gasteiger partial charge in [0.25, 0.3) is 5.91 Å². The minimum atomic E-state index is -4.43. The fourth-order valence-corrected chi connectivity index (χ4v) is 5.26. The summed E-state index contributed by atoms with van der Waals surface area (Å²) < 4.78 is 46.7. The van der Waals surface area contributed by atoms with Gasteiger partial charge in [-0.1, -0.05) is 5.16 Å². The Morgan fingerprint density at radius 2 is 1.82 bits per heavy atom. The summed E-state index contributed by atoms with van der Waals surface area (Å²) in [6, 6.07) is 0.254. The van der Waals surface area contributed by atoms with Gasteiger partial charge < -0.3 is 15.2 Å². The zero-order valence-electron chi connectivity index (χ0n) is 22.0. The maximum Gasteiger partial charge on any atom is 0.394 e. The van der Waals surface area contributed by atoms with Crippen molar-refractivity contribution >= 4 is 17.5 Å². The summed E-state index contributed by atoms with van der Waals surface area (Å²) in [5.41, 5.74) is 0.801. The van der Waals surface area contributed by atoms with Crippen LogP contribution in [0.25, 0.3) is 0 Å². The number of nitrogens with zero attached hydrogens (tertiary/aromatic N) is 5. The maximum atomic E-state index is 13.6. The van der Waals surface area contributed by atoms with E-state index in [0.717, 1.165) is 25.7 Å². The Balaban J connectivity index is 1.33. The summed E-state index contributed by atoms with van der Waals surface area (Å²) in [7, 11) is 0. The Morgan fingerprint density at radius 3 is 2.44 bits per heavy atom. The molecule has 2 aliphatic carbocycles. The SMILES string of the molecule is CC(c1conc1CC(F)(F)F)n1cc(NC(=O)[C@@H](NC(=O)c2ccnn2C(C)C)C(C2CC2)C2CC2)cn1. The fraction of sp³-hybridized carbons (Fsp3) is 0.577. The molecule has 2 fully saturated rings. The number of carbonyl (C=O) groups is 2. The number of nitrogens with one attached hydrogen (secondary N) is 2. The smallest absolute Gasteiger partial charge is 0.364 e. The Hall–Kier alpha value is -3.64. The van der Waals surface area contributed by atoms with Crippen LogP contribution in [0.3, 0.4) is 0 Å². The standard InChI is InChI=1S/C26H32F3N7O3/c1-14(2)36-21(8-9-30-36)24(37)33-23(22(16-4-5-16)17-6-7-17)25(38)32-18-11-31-35(12-18)15(3)19-13-39-34-20(19)10-26(27,28)29/h8-9,11-17,22-23H,4-7,10H2,1-3H3,(H,32,38)(H,33,37)/t15?,23-/m0/s1. The number of halogens is 3. The molecule has 0 bridgehead atoms. The third kappa shape index (κ3) is 6.17. The predicted molar refractivity (Wildman–Crippen MR) is 134 cm³/mol. The Kier molecular flexibility index (Phi) is 7.25. The van der Waals surface area contributed by atoms with Crippen molar-refractivity contribution in [2.75, 3.05) is 5.32 Å². The van der Waals surface area contributed by atoms with Crippen molar-refractivity contribution in [1.29, 1.82) is 0 Å². The van der Waals surface area contributed by atoms with Gasteiger partial charge in [-0.05, 0) is 70.3 Å². The number of rotatable bonds is 11. The first-order chi connectivity index (χ1) is 18.5. The van der Waals surface area contributed by atoms with Crippen LogP contribution in [0.1, 0.15) is 80.3 Å². The first kappa shape index (κ1) is 26.9. The molecule has 0 spiro atoms. The van der Waals surface area contributed by atoms with E-state index in [0.29, 0.717) is 23.2 Å². The van der Waals surface area contributed by atoms with E-state index in [4.69, 9.17) is 4.52 Å². The fourth-order valence-electron chi connectivity index (χ4n) is 5.26. The van der Waals surface area contributed by atoms with Crippen molar-refractivity contribution in [3.8, 4) is 0 Å². The van der Waals surface area contributed by atoms with Crippen LogP contribution < -0.4 is 10.6 Å². The number of anilines is 1. The van der Waals surface area contributed by atoms with Crippen molar-refractivity contribution in [2.24, 2.45) is 17.8 Å². The van der Waals surface area contributed by atoms with E-state index in [9.17, 15) is 22.8 Å². The molecular formula is C26H32F3N7O3. The van der Waals surface area contributed by atoms with Crippen LogP contribution in [-0.2, 0) is 11.2 Å².